The summed E-state index contributed by atoms with van der Waals surface area (Å²) in [4.78, 5) is 12.0. The fourth-order valence-corrected chi connectivity index (χ4v) is 2.34. The van der Waals surface area contributed by atoms with Crippen LogP contribution in [0.3, 0.4) is 0 Å². The first-order valence-corrected chi connectivity index (χ1v) is 7.69. The number of carbonyl (C=O) groups excluding carboxylic acids is 1. The second kappa shape index (κ2) is 7.08. The molecule has 24 heavy (non-hydrogen) atoms. The van der Waals surface area contributed by atoms with Crippen molar-refractivity contribution in [3.63, 3.8) is 0 Å². The number of rotatable bonds is 6. The Labute approximate surface area is 139 Å². The summed E-state index contributed by atoms with van der Waals surface area (Å²) in [5.74, 6) is 1.55. The largest absolute Gasteiger partial charge is 0.421 e. The quantitative estimate of drug-likeness (QED) is 0.746. The molecule has 0 fully saturated rings. The Kier molecular flexibility index (Phi) is 4.69. The first-order valence-electron chi connectivity index (χ1n) is 7.69. The number of amides is 1. The Hall–Kier alpha value is -2.96. The van der Waals surface area contributed by atoms with Crippen LogP contribution in [0.25, 0.3) is 11.5 Å². The van der Waals surface area contributed by atoms with Crippen molar-refractivity contribution in [2.45, 2.75) is 26.7 Å². The van der Waals surface area contributed by atoms with E-state index in [1.54, 1.807) is 6.92 Å². The molecule has 7 heteroatoms. The third-order valence-electron chi connectivity index (χ3n) is 3.67. The van der Waals surface area contributed by atoms with Crippen LogP contribution in [-0.4, -0.2) is 27.8 Å². The van der Waals surface area contributed by atoms with Crippen LogP contribution in [-0.2, 0) is 17.6 Å². The molecule has 1 aromatic carbocycles. The Morgan fingerprint density at radius 3 is 2.67 bits per heavy atom. The molecule has 0 aliphatic rings. The van der Waals surface area contributed by atoms with Crippen LogP contribution in [0, 0.1) is 13.8 Å². The second-order valence-corrected chi connectivity index (χ2v) is 5.45. The van der Waals surface area contributed by atoms with Crippen molar-refractivity contribution in [3.8, 4) is 11.5 Å². The SMILES string of the molecule is Cc1noc(C)c1CC(=O)NCCc1nnc(-c2ccccc2)o1. The van der Waals surface area contributed by atoms with Crippen molar-refractivity contribution >= 4 is 5.91 Å². The topological polar surface area (TPSA) is 94.1 Å². The monoisotopic (exact) mass is 326 g/mol. The van der Waals surface area contributed by atoms with Crippen molar-refractivity contribution in [1.29, 1.82) is 0 Å². The fourth-order valence-electron chi connectivity index (χ4n) is 2.34. The number of nitrogens with one attached hydrogen (secondary N) is 1. The number of aryl methyl sites for hydroxylation is 2. The van der Waals surface area contributed by atoms with Gasteiger partial charge in [0.05, 0.1) is 12.1 Å². The molecule has 0 saturated carbocycles. The molecule has 1 N–H and O–H groups in total. The van der Waals surface area contributed by atoms with Crippen LogP contribution in [0.15, 0.2) is 39.3 Å². The van der Waals surface area contributed by atoms with E-state index in [0.717, 1.165) is 16.8 Å². The molecule has 0 aliphatic carbocycles. The van der Waals surface area contributed by atoms with Gasteiger partial charge in [-0.15, -0.1) is 10.2 Å². The third-order valence-corrected chi connectivity index (χ3v) is 3.67. The lowest BCUT2D eigenvalue weighted by atomic mass is 10.1. The van der Waals surface area contributed by atoms with E-state index >= 15 is 0 Å². The number of hydrogen-bond donors (Lipinski definition) is 1. The average molecular weight is 326 g/mol. The summed E-state index contributed by atoms with van der Waals surface area (Å²) < 4.78 is 10.6. The number of carbonyl (C=O) groups is 1. The lowest BCUT2D eigenvalue weighted by Crippen LogP contribution is -2.27. The Morgan fingerprint density at radius 1 is 1.17 bits per heavy atom. The smallest absolute Gasteiger partial charge is 0.247 e. The van der Waals surface area contributed by atoms with Crippen LogP contribution in [0.5, 0.6) is 0 Å². The maximum absolute atomic E-state index is 12.0. The number of aromatic nitrogens is 3. The van der Waals surface area contributed by atoms with Crippen molar-refractivity contribution < 1.29 is 13.7 Å². The zero-order chi connectivity index (χ0) is 16.9. The van der Waals surface area contributed by atoms with E-state index < -0.39 is 0 Å². The van der Waals surface area contributed by atoms with Gasteiger partial charge in [0.1, 0.15) is 5.76 Å². The first-order chi connectivity index (χ1) is 11.6. The van der Waals surface area contributed by atoms with Gasteiger partial charge in [0.2, 0.25) is 17.7 Å². The van der Waals surface area contributed by atoms with Gasteiger partial charge in [0, 0.05) is 24.1 Å². The molecule has 0 atom stereocenters. The van der Waals surface area contributed by atoms with Crippen LogP contribution in [0.4, 0.5) is 0 Å². The maximum Gasteiger partial charge on any atom is 0.247 e. The molecule has 0 unspecified atom stereocenters. The lowest BCUT2D eigenvalue weighted by molar-refractivity contribution is -0.120. The van der Waals surface area contributed by atoms with Gasteiger partial charge < -0.3 is 14.3 Å². The van der Waals surface area contributed by atoms with Gasteiger partial charge in [-0.05, 0) is 26.0 Å². The Morgan fingerprint density at radius 2 is 1.96 bits per heavy atom. The van der Waals surface area contributed by atoms with Gasteiger partial charge >= 0.3 is 0 Å². The highest BCUT2D eigenvalue weighted by Gasteiger charge is 2.13. The highest BCUT2D eigenvalue weighted by atomic mass is 16.5. The molecule has 0 bridgehead atoms. The lowest BCUT2D eigenvalue weighted by Gasteiger charge is -2.03. The summed E-state index contributed by atoms with van der Waals surface area (Å²) in [6.07, 6.45) is 0.730. The van der Waals surface area contributed by atoms with Crippen LogP contribution in [0.1, 0.15) is 22.9 Å². The molecule has 3 aromatic rings. The maximum atomic E-state index is 12.0. The highest BCUT2D eigenvalue weighted by Crippen LogP contribution is 2.17. The van der Waals surface area contributed by atoms with Gasteiger partial charge in [-0.1, -0.05) is 23.4 Å². The van der Waals surface area contributed by atoms with Crippen LogP contribution in [0.2, 0.25) is 0 Å². The molecule has 2 heterocycles. The Balaban J connectivity index is 1.50. The molecule has 3 rings (SSSR count). The average Bonchev–Trinajstić information content (AvgIpc) is 3.18. The second-order valence-electron chi connectivity index (χ2n) is 5.45. The first kappa shape index (κ1) is 15.9. The van der Waals surface area contributed by atoms with E-state index in [0.29, 0.717) is 30.5 Å². The van der Waals surface area contributed by atoms with E-state index in [2.05, 4.69) is 20.7 Å². The molecular formula is C17H18N4O3. The zero-order valence-corrected chi connectivity index (χ0v) is 13.6. The number of hydrogen-bond acceptors (Lipinski definition) is 6. The Bertz CT molecular complexity index is 804. The van der Waals surface area contributed by atoms with E-state index in [-0.39, 0.29) is 12.3 Å². The van der Waals surface area contributed by atoms with Crippen LogP contribution < -0.4 is 5.32 Å². The van der Waals surface area contributed by atoms with Gasteiger partial charge in [-0.3, -0.25) is 4.79 Å². The summed E-state index contributed by atoms with van der Waals surface area (Å²) in [7, 11) is 0. The molecule has 124 valence electrons. The minimum Gasteiger partial charge on any atom is -0.421 e. The number of benzene rings is 1. The summed E-state index contributed by atoms with van der Waals surface area (Å²) >= 11 is 0. The summed E-state index contributed by atoms with van der Waals surface area (Å²) in [5.41, 5.74) is 2.45. The predicted molar refractivity (Wildman–Crippen MR) is 86.1 cm³/mol. The minimum absolute atomic E-state index is 0.0906. The standard InChI is InChI=1S/C17H18N4O3/c1-11-14(12(2)24-21-11)10-15(22)18-9-8-16-19-20-17(23-16)13-6-4-3-5-7-13/h3-7H,8-10H2,1-2H3,(H,18,22). The molecule has 0 spiro atoms. The van der Waals surface area contributed by atoms with E-state index in [9.17, 15) is 4.79 Å². The molecule has 0 radical (unpaired) electrons. The fraction of sp³-hybridized carbons (Fsp3) is 0.294. The third kappa shape index (κ3) is 3.68. The van der Waals surface area contributed by atoms with Gasteiger partial charge in [0.15, 0.2) is 0 Å². The van der Waals surface area contributed by atoms with E-state index in [1.807, 2.05) is 37.3 Å². The van der Waals surface area contributed by atoms with Gasteiger partial charge in [-0.25, -0.2) is 0 Å². The van der Waals surface area contributed by atoms with Crippen molar-refractivity contribution in [3.05, 3.63) is 53.2 Å². The van der Waals surface area contributed by atoms with Crippen molar-refractivity contribution in [1.82, 2.24) is 20.7 Å². The molecule has 0 aliphatic heterocycles. The zero-order valence-electron chi connectivity index (χ0n) is 13.6. The van der Waals surface area contributed by atoms with Crippen molar-refractivity contribution in [2.75, 3.05) is 6.54 Å². The summed E-state index contributed by atoms with van der Waals surface area (Å²) in [6.45, 7) is 4.05. The molecule has 2 aromatic heterocycles. The summed E-state index contributed by atoms with van der Waals surface area (Å²) in [6, 6.07) is 9.56. The van der Waals surface area contributed by atoms with Crippen LogP contribution >= 0.6 is 0 Å². The normalized spacial score (nSPS) is 10.8. The molecule has 7 nitrogen and oxygen atoms in total. The van der Waals surface area contributed by atoms with Gasteiger partial charge in [0.25, 0.3) is 0 Å². The molecule has 1 amide bonds. The van der Waals surface area contributed by atoms with Gasteiger partial charge in [-0.2, -0.15) is 0 Å². The number of nitrogens with zero attached hydrogens (tertiary/aromatic N) is 3. The highest BCUT2D eigenvalue weighted by molar-refractivity contribution is 5.78. The minimum atomic E-state index is -0.0906. The summed E-state index contributed by atoms with van der Waals surface area (Å²) in [5, 5.41) is 14.7. The van der Waals surface area contributed by atoms with E-state index in [1.165, 1.54) is 0 Å². The molecule has 0 saturated heterocycles. The predicted octanol–water partition coefficient (Wildman–Crippen LogP) is 2.24. The van der Waals surface area contributed by atoms with Crippen molar-refractivity contribution in [2.24, 2.45) is 0 Å². The molecular weight excluding hydrogens is 308 g/mol. The van der Waals surface area contributed by atoms with E-state index in [4.69, 9.17) is 8.94 Å².